The van der Waals surface area contributed by atoms with Crippen LogP contribution in [0.3, 0.4) is 0 Å². The Morgan fingerprint density at radius 1 is 0.938 bits per heavy atom. The number of benzene rings is 3. The minimum Gasteiger partial charge on any atom is -0.326 e. The van der Waals surface area contributed by atoms with Gasteiger partial charge in [0.1, 0.15) is 11.9 Å². The Bertz CT molecular complexity index is 1130. The number of para-hydroxylation sites is 1. The van der Waals surface area contributed by atoms with Crippen molar-refractivity contribution in [2.75, 3.05) is 10.2 Å². The molecule has 0 bridgehead atoms. The van der Waals surface area contributed by atoms with Crippen molar-refractivity contribution in [2.45, 2.75) is 25.9 Å². The van der Waals surface area contributed by atoms with E-state index >= 15 is 0 Å². The zero-order valence-corrected chi connectivity index (χ0v) is 17.5. The Balaban J connectivity index is 1.58. The minimum absolute atomic E-state index is 0.197. The van der Waals surface area contributed by atoms with Gasteiger partial charge in [-0.05, 0) is 48.9 Å². The van der Waals surface area contributed by atoms with Gasteiger partial charge in [0.05, 0.1) is 12.1 Å². The van der Waals surface area contributed by atoms with Gasteiger partial charge in [-0.15, -0.1) is 0 Å². The summed E-state index contributed by atoms with van der Waals surface area (Å²) in [5, 5.41) is 2.66. The SMILES string of the molecule is Cc1ccc(CN2C(=O)N(c3ccccc3)C(=O)C2CC(=O)Nc2ccc(F)cc2)cc1. The van der Waals surface area contributed by atoms with Gasteiger partial charge < -0.3 is 10.2 Å². The van der Waals surface area contributed by atoms with Crippen LogP contribution < -0.4 is 10.2 Å². The summed E-state index contributed by atoms with van der Waals surface area (Å²) in [5.74, 6) is -1.31. The van der Waals surface area contributed by atoms with Crippen LogP contribution in [0.1, 0.15) is 17.5 Å². The molecule has 4 rings (SSSR count). The van der Waals surface area contributed by atoms with E-state index in [2.05, 4.69) is 5.32 Å². The number of aryl methyl sites for hydroxylation is 1. The first-order chi connectivity index (χ1) is 15.4. The van der Waals surface area contributed by atoms with E-state index in [9.17, 15) is 18.8 Å². The number of urea groups is 1. The predicted octanol–water partition coefficient (Wildman–Crippen LogP) is 4.50. The first kappa shape index (κ1) is 21.2. The molecule has 1 saturated heterocycles. The third-order valence-electron chi connectivity index (χ3n) is 5.31. The van der Waals surface area contributed by atoms with Gasteiger partial charge in [-0.1, -0.05) is 48.0 Å². The molecule has 6 nitrogen and oxygen atoms in total. The summed E-state index contributed by atoms with van der Waals surface area (Å²) in [6.07, 6.45) is -0.211. The van der Waals surface area contributed by atoms with Crippen molar-refractivity contribution in [3.05, 3.63) is 95.8 Å². The smallest absolute Gasteiger partial charge is 0.326 e. The number of hydrogen-bond donors (Lipinski definition) is 1. The highest BCUT2D eigenvalue weighted by atomic mass is 19.1. The second-order valence-electron chi connectivity index (χ2n) is 7.68. The molecule has 0 radical (unpaired) electrons. The molecule has 32 heavy (non-hydrogen) atoms. The molecule has 1 unspecified atom stereocenters. The third kappa shape index (κ3) is 4.51. The third-order valence-corrected chi connectivity index (χ3v) is 5.31. The van der Waals surface area contributed by atoms with Crippen LogP contribution in [0, 0.1) is 12.7 Å². The quantitative estimate of drug-likeness (QED) is 0.584. The number of nitrogens with one attached hydrogen (secondary N) is 1. The molecule has 1 aliphatic heterocycles. The van der Waals surface area contributed by atoms with E-state index in [1.54, 1.807) is 30.3 Å². The molecule has 1 atom stereocenters. The number of carbonyl (C=O) groups excluding carboxylic acids is 3. The predicted molar refractivity (Wildman–Crippen MR) is 119 cm³/mol. The van der Waals surface area contributed by atoms with Gasteiger partial charge in [0.2, 0.25) is 5.91 Å². The van der Waals surface area contributed by atoms with Gasteiger partial charge in [0, 0.05) is 12.2 Å². The maximum atomic E-state index is 13.2. The summed E-state index contributed by atoms with van der Waals surface area (Å²) >= 11 is 0. The van der Waals surface area contributed by atoms with Gasteiger partial charge in [-0.2, -0.15) is 0 Å². The summed E-state index contributed by atoms with van der Waals surface area (Å²) in [4.78, 5) is 41.7. The van der Waals surface area contributed by atoms with Crippen molar-refractivity contribution in [1.82, 2.24) is 4.90 Å². The lowest BCUT2D eigenvalue weighted by Gasteiger charge is -2.22. The molecule has 0 aromatic heterocycles. The zero-order valence-electron chi connectivity index (χ0n) is 17.5. The number of amides is 4. The topological polar surface area (TPSA) is 69.7 Å². The summed E-state index contributed by atoms with van der Waals surface area (Å²) in [5.41, 5.74) is 2.81. The van der Waals surface area contributed by atoms with Crippen LogP contribution in [-0.2, 0) is 16.1 Å². The molecule has 7 heteroatoms. The van der Waals surface area contributed by atoms with Gasteiger partial charge >= 0.3 is 6.03 Å². The lowest BCUT2D eigenvalue weighted by molar-refractivity contribution is -0.124. The maximum Gasteiger partial charge on any atom is 0.332 e. The Morgan fingerprint density at radius 2 is 1.59 bits per heavy atom. The van der Waals surface area contributed by atoms with Crippen LogP contribution in [0.5, 0.6) is 0 Å². The molecule has 1 heterocycles. The Labute approximate surface area is 185 Å². The second kappa shape index (κ2) is 9.01. The van der Waals surface area contributed by atoms with Crippen molar-refractivity contribution in [3.8, 4) is 0 Å². The van der Waals surface area contributed by atoms with E-state index in [-0.39, 0.29) is 13.0 Å². The fraction of sp³-hybridized carbons (Fsp3) is 0.160. The zero-order chi connectivity index (χ0) is 22.7. The van der Waals surface area contributed by atoms with Crippen molar-refractivity contribution in [2.24, 2.45) is 0 Å². The molecule has 4 amide bonds. The molecule has 3 aromatic carbocycles. The number of rotatable bonds is 6. The Hall–Kier alpha value is -4.00. The fourth-order valence-electron chi connectivity index (χ4n) is 3.64. The van der Waals surface area contributed by atoms with E-state index in [1.165, 1.54) is 29.2 Å². The molecule has 1 aliphatic rings. The van der Waals surface area contributed by atoms with E-state index in [4.69, 9.17) is 0 Å². The first-order valence-electron chi connectivity index (χ1n) is 10.2. The molecule has 1 N–H and O–H groups in total. The lowest BCUT2D eigenvalue weighted by atomic mass is 10.1. The number of carbonyl (C=O) groups is 3. The molecule has 162 valence electrons. The van der Waals surface area contributed by atoms with Gasteiger partial charge in [-0.3, -0.25) is 9.59 Å². The highest BCUT2D eigenvalue weighted by Gasteiger charge is 2.46. The molecular weight excluding hydrogens is 409 g/mol. The monoisotopic (exact) mass is 431 g/mol. The number of hydrogen-bond acceptors (Lipinski definition) is 3. The van der Waals surface area contributed by atoms with Crippen LogP contribution in [0.15, 0.2) is 78.9 Å². The van der Waals surface area contributed by atoms with Crippen LogP contribution in [-0.4, -0.2) is 28.8 Å². The molecule has 0 spiro atoms. The van der Waals surface area contributed by atoms with Crippen molar-refractivity contribution >= 4 is 29.2 Å². The van der Waals surface area contributed by atoms with E-state index in [0.717, 1.165) is 16.0 Å². The summed E-state index contributed by atoms with van der Waals surface area (Å²) in [7, 11) is 0. The standard InChI is InChI=1S/C25H22FN3O3/c1-17-7-9-18(10-8-17)16-28-22(15-23(30)27-20-13-11-19(26)12-14-20)24(31)29(25(28)32)21-5-3-2-4-6-21/h2-14,22H,15-16H2,1H3,(H,27,30). The molecule has 1 fully saturated rings. The van der Waals surface area contributed by atoms with E-state index in [0.29, 0.717) is 11.4 Å². The normalized spacial score (nSPS) is 15.9. The van der Waals surface area contributed by atoms with E-state index in [1.807, 2.05) is 31.2 Å². The Kier molecular flexibility index (Phi) is 5.98. The van der Waals surface area contributed by atoms with Crippen molar-refractivity contribution < 1.29 is 18.8 Å². The fourth-order valence-corrected chi connectivity index (χ4v) is 3.64. The molecule has 3 aromatic rings. The van der Waals surface area contributed by atoms with Crippen LogP contribution in [0.2, 0.25) is 0 Å². The average molecular weight is 431 g/mol. The van der Waals surface area contributed by atoms with Crippen molar-refractivity contribution in [1.29, 1.82) is 0 Å². The number of halogens is 1. The number of imide groups is 1. The average Bonchev–Trinajstić information content (AvgIpc) is 3.01. The van der Waals surface area contributed by atoms with Crippen LogP contribution in [0.4, 0.5) is 20.6 Å². The lowest BCUT2D eigenvalue weighted by Crippen LogP contribution is -2.37. The van der Waals surface area contributed by atoms with Gasteiger partial charge in [0.25, 0.3) is 5.91 Å². The minimum atomic E-state index is -0.954. The Morgan fingerprint density at radius 3 is 2.25 bits per heavy atom. The van der Waals surface area contributed by atoms with E-state index < -0.39 is 29.7 Å². The highest BCUT2D eigenvalue weighted by Crippen LogP contribution is 2.28. The van der Waals surface area contributed by atoms with Crippen LogP contribution >= 0.6 is 0 Å². The second-order valence-corrected chi connectivity index (χ2v) is 7.68. The van der Waals surface area contributed by atoms with Gasteiger partial charge in [-0.25, -0.2) is 14.1 Å². The summed E-state index contributed by atoms with van der Waals surface area (Å²) in [6, 6.07) is 20.2. The largest absolute Gasteiger partial charge is 0.332 e. The molecule has 0 aliphatic carbocycles. The van der Waals surface area contributed by atoms with Crippen LogP contribution in [0.25, 0.3) is 0 Å². The molecular formula is C25H22FN3O3. The highest BCUT2D eigenvalue weighted by molar-refractivity contribution is 6.22. The van der Waals surface area contributed by atoms with Gasteiger partial charge in [0.15, 0.2) is 0 Å². The maximum absolute atomic E-state index is 13.2. The summed E-state index contributed by atoms with van der Waals surface area (Å²) in [6.45, 7) is 2.16. The van der Waals surface area contributed by atoms with Crippen molar-refractivity contribution in [3.63, 3.8) is 0 Å². The molecule has 0 saturated carbocycles. The summed E-state index contributed by atoms with van der Waals surface area (Å²) < 4.78 is 13.1. The number of nitrogens with zero attached hydrogens (tertiary/aromatic N) is 2. The number of anilines is 2. The first-order valence-corrected chi connectivity index (χ1v) is 10.2.